The van der Waals surface area contributed by atoms with Gasteiger partial charge in [-0.05, 0) is 28.7 Å². The minimum absolute atomic E-state index is 0.176. The number of phenols is 2. The summed E-state index contributed by atoms with van der Waals surface area (Å²) in [6.07, 6.45) is 0. The van der Waals surface area contributed by atoms with Crippen molar-refractivity contribution in [1.82, 2.24) is 0 Å². The average molecular weight is 261 g/mol. The molecule has 0 unspecified atom stereocenters. The van der Waals surface area contributed by atoms with E-state index in [2.05, 4.69) is 0 Å². The molecule has 0 saturated heterocycles. The number of hydrogen-bond acceptors (Lipinski definition) is 3. The van der Waals surface area contributed by atoms with Crippen molar-refractivity contribution in [2.24, 2.45) is 0 Å². The Balaban J connectivity index is 3.35. The molecule has 0 aliphatic heterocycles. The van der Waals surface area contributed by atoms with Crippen molar-refractivity contribution >= 4 is 22.6 Å². The summed E-state index contributed by atoms with van der Waals surface area (Å²) >= 11 is 1.84. The first-order valence-electron chi connectivity index (χ1n) is 2.76. The molecule has 1 aromatic carbocycles. The minimum atomic E-state index is -0.256. The van der Waals surface area contributed by atoms with E-state index in [0.29, 0.717) is 9.13 Å². The van der Waals surface area contributed by atoms with Gasteiger partial charge in [0, 0.05) is 6.07 Å². The molecule has 0 spiro atoms. The molecule has 56 valence electrons. The molecule has 1 rings (SSSR count). The van der Waals surface area contributed by atoms with Gasteiger partial charge in [-0.3, -0.25) is 0 Å². The van der Waals surface area contributed by atoms with Crippen LogP contribution in [0.2, 0.25) is 0 Å². The first kappa shape index (κ1) is 8.14. The Kier molecular flexibility index (Phi) is 2.19. The molecule has 1 aromatic rings. The lowest BCUT2D eigenvalue weighted by Gasteiger charge is -1.99. The second-order valence-corrected chi connectivity index (χ2v) is 3.10. The molecule has 11 heavy (non-hydrogen) atoms. The van der Waals surface area contributed by atoms with Gasteiger partial charge in [0.2, 0.25) is 0 Å². The van der Waals surface area contributed by atoms with E-state index < -0.39 is 0 Å². The number of hydrogen-bond donors (Lipinski definition) is 2. The van der Waals surface area contributed by atoms with Crippen LogP contribution in [0.15, 0.2) is 12.1 Å². The molecule has 0 heterocycles. The Bertz CT molecular complexity index is 307. The van der Waals surface area contributed by atoms with Crippen molar-refractivity contribution in [1.29, 1.82) is 5.26 Å². The first-order chi connectivity index (χ1) is 5.15. The summed E-state index contributed by atoms with van der Waals surface area (Å²) in [7, 11) is 0. The normalized spacial score (nSPS) is 9.09. The van der Waals surface area contributed by atoms with Crippen molar-refractivity contribution in [2.75, 3.05) is 0 Å². The van der Waals surface area contributed by atoms with E-state index in [4.69, 9.17) is 15.5 Å². The van der Waals surface area contributed by atoms with Gasteiger partial charge < -0.3 is 10.2 Å². The molecule has 0 aliphatic rings. The van der Waals surface area contributed by atoms with Crippen LogP contribution in [-0.4, -0.2) is 10.2 Å². The van der Waals surface area contributed by atoms with Crippen LogP contribution >= 0.6 is 22.6 Å². The molecule has 0 saturated carbocycles. The van der Waals surface area contributed by atoms with Crippen LogP contribution in [0.3, 0.4) is 0 Å². The number of nitrogens with zero attached hydrogens (tertiary/aromatic N) is 1. The zero-order valence-electron chi connectivity index (χ0n) is 5.37. The number of nitriles is 1. The van der Waals surface area contributed by atoms with Crippen LogP contribution in [-0.2, 0) is 0 Å². The maximum Gasteiger partial charge on any atom is 0.171 e. The van der Waals surface area contributed by atoms with Gasteiger partial charge in [0.25, 0.3) is 0 Å². The zero-order valence-corrected chi connectivity index (χ0v) is 7.53. The second kappa shape index (κ2) is 2.96. The Morgan fingerprint density at radius 3 is 2.45 bits per heavy atom. The Hall–Kier alpha value is -0.960. The summed E-state index contributed by atoms with van der Waals surface area (Å²) in [4.78, 5) is 0. The van der Waals surface area contributed by atoms with Crippen LogP contribution in [0, 0.1) is 14.9 Å². The van der Waals surface area contributed by atoms with E-state index in [1.54, 1.807) is 0 Å². The molecule has 0 radical (unpaired) electrons. The molecule has 3 nitrogen and oxygen atoms in total. The van der Waals surface area contributed by atoms with Gasteiger partial charge in [-0.2, -0.15) is 5.26 Å². The molecular formula is C7H4INO2. The molecular weight excluding hydrogens is 257 g/mol. The predicted octanol–water partition coefficient (Wildman–Crippen LogP) is 1.57. The number of rotatable bonds is 0. The fourth-order valence-corrected chi connectivity index (χ4v) is 1.26. The molecule has 0 atom stereocenters. The van der Waals surface area contributed by atoms with Crippen LogP contribution in [0.5, 0.6) is 11.5 Å². The highest BCUT2D eigenvalue weighted by molar-refractivity contribution is 14.1. The summed E-state index contributed by atoms with van der Waals surface area (Å²) in [5.74, 6) is -0.432. The fourth-order valence-electron chi connectivity index (χ4n) is 0.649. The maximum absolute atomic E-state index is 9.06. The van der Waals surface area contributed by atoms with Gasteiger partial charge in [0.15, 0.2) is 11.5 Å². The largest absolute Gasteiger partial charge is 0.504 e. The molecule has 2 N–H and O–H groups in total. The predicted molar refractivity (Wildman–Crippen MR) is 47.2 cm³/mol. The molecule has 0 aromatic heterocycles. The van der Waals surface area contributed by atoms with Gasteiger partial charge in [0.05, 0.1) is 15.2 Å². The second-order valence-electron chi connectivity index (χ2n) is 1.94. The molecule has 0 fully saturated rings. The Labute approximate surface area is 77.0 Å². The molecule has 4 heteroatoms. The third-order valence-corrected chi connectivity index (χ3v) is 1.99. The highest BCUT2D eigenvalue weighted by Gasteiger charge is 2.05. The highest BCUT2D eigenvalue weighted by atomic mass is 127. The highest BCUT2D eigenvalue weighted by Crippen LogP contribution is 2.30. The maximum atomic E-state index is 9.06. The van der Waals surface area contributed by atoms with Crippen molar-refractivity contribution in [3.05, 3.63) is 21.3 Å². The third-order valence-electron chi connectivity index (χ3n) is 1.17. The average Bonchev–Trinajstić information content (AvgIpc) is 1.99. The summed E-state index contributed by atoms with van der Waals surface area (Å²) in [5.41, 5.74) is 0.338. The van der Waals surface area contributed by atoms with E-state index in [1.165, 1.54) is 12.1 Å². The van der Waals surface area contributed by atoms with Gasteiger partial charge >= 0.3 is 0 Å². The monoisotopic (exact) mass is 261 g/mol. The van der Waals surface area contributed by atoms with Crippen molar-refractivity contribution in [2.45, 2.75) is 0 Å². The van der Waals surface area contributed by atoms with E-state index in [-0.39, 0.29) is 11.5 Å². The van der Waals surface area contributed by atoms with E-state index in [1.807, 2.05) is 28.7 Å². The van der Waals surface area contributed by atoms with Crippen LogP contribution in [0.1, 0.15) is 5.56 Å². The Morgan fingerprint density at radius 1 is 1.36 bits per heavy atom. The molecule has 0 bridgehead atoms. The van der Waals surface area contributed by atoms with Crippen LogP contribution < -0.4 is 0 Å². The van der Waals surface area contributed by atoms with E-state index >= 15 is 0 Å². The summed E-state index contributed by atoms with van der Waals surface area (Å²) in [6.45, 7) is 0. The Morgan fingerprint density at radius 2 is 2.00 bits per heavy atom. The SMILES string of the molecule is N#Cc1cc(O)c(O)c(I)c1. The van der Waals surface area contributed by atoms with E-state index in [0.717, 1.165) is 0 Å². The molecule has 0 aliphatic carbocycles. The number of benzene rings is 1. The smallest absolute Gasteiger partial charge is 0.171 e. The number of aromatic hydroxyl groups is 2. The van der Waals surface area contributed by atoms with Gasteiger partial charge in [-0.25, -0.2) is 0 Å². The zero-order chi connectivity index (χ0) is 8.43. The number of phenolic OH excluding ortho intramolecular Hbond substituents is 2. The summed E-state index contributed by atoms with van der Waals surface area (Å²) < 4.78 is 0.471. The lowest BCUT2D eigenvalue weighted by Crippen LogP contribution is -1.79. The standard InChI is InChI=1S/C7H4INO2/c8-5-1-4(3-9)2-6(10)7(5)11/h1-2,10-11H. The van der Waals surface area contributed by atoms with Crippen molar-refractivity contribution in [3.8, 4) is 17.6 Å². The first-order valence-corrected chi connectivity index (χ1v) is 3.84. The van der Waals surface area contributed by atoms with Gasteiger partial charge in [-0.1, -0.05) is 0 Å². The van der Waals surface area contributed by atoms with Crippen LogP contribution in [0.25, 0.3) is 0 Å². The van der Waals surface area contributed by atoms with Crippen LogP contribution in [0.4, 0.5) is 0 Å². The van der Waals surface area contributed by atoms with Gasteiger partial charge in [-0.15, -0.1) is 0 Å². The number of halogens is 1. The summed E-state index contributed by atoms with van der Waals surface area (Å²) in [6, 6.07) is 4.58. The summed E-state index contributed by atoms with van der Waals surface area (Å²) in [5, 5.41) is 26.5. The third kappa shape index (κ3) is 1.54. The lowest BCUT2D eigenvalue weighted by molar-refractivity contribution is 0.401. The minimum Gasteiger partial charge on any atom is -0.504 e. The molecule has 0 amide bonds. The topological polar surface area (TPSA) is 64.2 Å². The van der Waals surface area contributed by atoms with E-state index in [9.17, 15) is 0 Å². The quantitative estimate of drug-likeness (QED) is 0.550. The fraction of sp³-hybridized carbons (Fsp3) is 0. The van der Waals surface area contributed by atoms with Gasteiger partial charge in [0.1, 0.15) is 0 Å². The lowest BCUT2D eigenvalue weighted by atomic mass is 10.2. The van der Waals surface area contributed by atoms with Crippen molar-refractivity contribution < 1.29 is 10.2 Å². The van der Waals surface area contributed by atoms with Crippen molar-refractivity contribution in [3.63, 3.8) is 0 Å².